The van der Waals surface area contributed by atoms with Crippen molar-refractivity contribution >= 4 is 46.8 Å². The molecule has 47 heavy (non-hydrogen) atoms. The van der Waals surface area contributed by atoms with Crippen molar-refractivity contribution < 1.29 is 19.2 Å². The predicted octanol–water partition coefficient (Wildman–Crippen LogP) is 9.04. The van der Waals surface area contributed by atoms with Crippen LogP contribution in [0, 0.1) is 0 Å². The van der Waals surface area contributed by atoms with Crippen LogP contribution in [0.5, 0.6) is 0 Å². The molecule has 5 aromatic rings. The maximum atomic E-state index is 12.2. The van der Waals surface area contributed by atoms with Gasteiger partial charge >= 0.3 is 0 Å². The second kappa shape index (κ2) is 20.8. The second-order valence-corrected chi connectivity index (χ2v) is 9.24. The van der Waals surface area contributed by atoms with Crippen molar-refractivity contribution in [2.24, 2.45) is 0 Å². The molecule has 0 aromatic heterocycles. The molecule has 8 heteroatoms. The van der Waals surface area contributed by atoms with Gasteiger partial charge in [-0.3, -0.25) is 19.2 Å². The summed E-state index contributed by atoms with van der Waals surface area (Å²) in [4.78, 5) is 46.8. The Kier molecular flexibility index (Phi) is 16.5. The summed E-state index contributed by atoms with van der Waals surface area (Å²) in [6, 6.07) is 38.8. The van der Waals surface area contributed by atoms with Gasteiger partial charge in [0, 0.05) is 52.1 Å². The lowest BCUT2D eigenvalue weighted by molar-refractivity contribution is 0.101. The molecule has 4 N–H and O–H groups in total. The third-order valence-corrected chi connectivity index (χ3v) is 6.21. The Labute approximate surface area is 277 Å². The van der Waals surface area contributed by atoms with Gasteiger partial charge < -0.3 is 21.3 Å². The van der Waals surface area contributed by atoms with Gasteiger partial charge in [-0.1, -0.05) is 76.2 Å². The monoisotopic (exact) mass is 630 g/mol. The van der Waals surface area contributed by atoms with Crippen LogP contribution < -0.4 is 21.3 Å². The molecule has 5 rings (SSSR count). The number of aldehydes is 1. The lowest BCUT2D eigenvalue weighted by Crippen LogP contribution is -2.13. The first-order valence-electron chi connectivity index (χ1n) is 15.4. The molecule has 8 nitrogen and oxygen atoms in total. The molecule has 0 saturated heterocycles. The van der Waals surface area contributed by atoms with Gasteiger partial charge in [0.15, 0.2) is 0 Å². The molecular weight excluding hydrogens is 588 g/mol. The van der Waals surface area contributed by atoms with Gasteiger partial charge in [0.1, 0.15) is 6.29 Å². The summed E-state index contributed by atoms with van der Waals surface area (Å²) in [5.41, 5.74) is 5.24. The zero-order valence-corrected chi connectivity index (χ0v) is 27.4. The fourth-order valence-corrected chi connectivity index (χ4v) is 3.86. The average molecular weight is 631 g/mol. The molecule has 0 spiro atoms. The van der Waals surface area contributed by atoms with E-state index >= 15 is 0 Å². The molecular formula is C39H42N4O4. The second-order valence-electron chi connectivity index (χ2n) is 9.24. The van der Waals surface area contributed by atoms with Crippen LogP contribution in [0.25, 0.3) is 0 Å². The van der Waals surface area contributed by atoms with Crippen molar-refractivity contribution in [1.29, 1.82) is 0 Å². The SMILES string of the molecule is CC.CC.CNc1ccc(NC(=O)c2ccccc2)cc1.O=Cc1ccc(C(=O)Nc2ccc(NC(=O)c3ccccc3)cc2)cc1. The number of carbonyl (C=O) groups is 4. The normalized spacial score (nSPS) is 9.30. The highest BCUT2D eigenvalue weighted by atomic mass is 16.2. The van der Waals surface area contributed by atoms with Crippen molar-refractivity contribution in [3.05, 3.63) is 156 Å². The lowest BCUT2D eigenvalue weighted by atomic mass is 10.1. The molecule has 3 amide bonds. The molecule has 0 aliphatic heterocycles. The summed E-state index contributed by atoms with van der Waals surface area (Å²) in [6.45, 7) is 8.00. The van der Waals surface area contributed by atoms with Crippen molar-refractivity contribution in [2.45, 2.75) is 27.7 Å². The smallest absolute Gasteiger partial charge is 0.255 e. The zero-order valence-electron chi connectivity index (χ0n) is 27.4. The van der Waals surface area contributed by atoms with Crippen LogP contribution in [0.3, 0.4) is 0 Å². The van der Waals surface area contributed by atoms with Crippen molar-refractivity contribution in [3.63, 3.8) is 0 Å². The number of hydrogen-bond donors (Lipinski definition) is 4. The number of nitrogens with one attached hydrogen (secondary N) is 4. The quantitative estimate of drug-likeness (QED) is 0.128. The summed E-state index contributed by atoms with van der Waals surface area (Å²) in [5.74, 6) is -0.566. The van der Waals surface area contributed by atoms with Crippen LogP contribution in [0.15, 0.2) is 133 Å². The van der Waals surface area contributed by atoms with Crippen LogP contribution in [0.4, 0.5) is 22.7 Å². The minimum Gasteiger partial charge on any atom is -0.388 e. The minimum atomic E-state index is -0.275. The highest BCUT2D eigenvalue weighted by Crippen LogP contribution is 2.16. The molecule has 242 valence electrons. The van der Waals surface area contributed by atoms with Gasteiger partial charge in [-0.25, -0.2) is 0 Å². The molecule has 0 aliphatic carbocycles. The highest BCUT2D eigenvalue weighted by molar-refractivity contribution is 6.06. The number of benzene rings is 5. The number of hydrogen-bond acceptors (Lipinski definition) is 5. The van der Waals surface area contributed by atoms with E-state index in [0.29, 0.717) is 33.6 Å². The van der Waals surface area contributed by atoms with E-state index < -0.39 is 0 Å². The van der Waals surface area contributed by atoms with Crippen LogP contribution in [0.2, 0.25) is 0 Å². The average Bonchev–Trinajstić information content (AvgIpc) is 3.15. The molecule has 0 heterocycles. The Morgan fingerprint density at radius 1 is 0.426 bits per heavy atom. The maximum absolute atomic E-state index is 12.2. The predicted molar refractivity (Wildman–Crippen MR) is 194 cm³/mol. The number of rotatable bonds is 8. The van der Waals surface area contributed by atoms with E-state index in [9.17, 15) is 19.2 Å². The summed E-state index contributed by atoms with van der Waals surface area (Å²) < 4.78 is 0. The number of anilines is 4. The highest BCUT2D eigenvalue weighted by Gasteiger charge is 2.08. The Bertz CT molecular complexity index is 1660. The minimum absolute atomic E-state index is 0.0946. The lowest BCUT2D eigenvalue weighted by Gasteiger charge is -2.08. The van der Waals surface area contributed by atoms with Gasteiger partial charge in [-0.15, -0.1) is 0 Å². The summed E-state index contributed by atoms with van der Waals surface area (Å²) in [7, 11) is 1.86. The van der Waals surface area contributed by atoms with E-state index in [0.717, 1.165) is 17.7 Å². The van der Waals surface area contributed by atoms with Crippen molar-refractivity contribution in [1.82, 2.24) is 0 Å². The topological polar surface area (TPSA) is 116 Å². The standard InChI is InChI=1S/C21H16N2O3.C14H14N2O.2C2H6/c24-14-15-6-8-17(9-7-15)21(26)23-19-12-10-18(11-13-19)22-20(25)16-4-2-1-3-5-16;1-15-12-7-9-13(10-8-12)16-14(17)11-5-3-2-4-6-11;2*1-2/h1-14H,(H,22,25)(H,23,26);2-10,15H,1H3,(H,16,17);2*1-2H3. The van der Waals surface area contributed by atoms with E-state index in [4.69, 9.17) is 0 Å². The largest absolute Gasteiger partial charge is 0.388 e. The first kappa shape index (κ1) is 37.2. The fraction of sp³-hybridized carbons (Fsp3) is 0.128. The van der Waals surface area contributed by atoms with E-state index in [1.807, 2.05) is 83.3 Å². The van der Waals surface area contributed by atoms with E-state index in [-0.39, 0.29) is 17.7 Å². The first-order valence-corrected chi connectivity index (χ1v) is 15.4. The molecule has 0 bridgehead atoms. The number of amides is 3. The first-order chi connectivity index (χ1) is 22.9. The van der Waals surface area contributed by atoms with Crippen LogP contribution >= 0.6 is 0 Å². The van der Waals surface area contributed by atoms with Crippen molar-refractivity contribution in [2.75, 3.05) is 28.3 Å². The van der Waals surface area contributed by atoms with E-state index in [2.05, 4.69) is 21.3 Å². The number of carbonyl (C=O) groups excluding carboxylic acids is 4. The molecule has 0 aliphatic rings. The summed E-state index contributed by atoms with van der Waals surface area (Å²) >= 11 is 0. The van der Waals surface area contributed by atoms with Gasteiger partial charge in [-0.2, -0.15) is 0 Å². The molecule has 5 aromatic carbocycles. The Morgan fingerprint density at radius 3 is 1.02 bits per heavy atom. The summed E-state index contributed by atoms with van der Waals surface area (Å²) in [5, 5.41) is 11.4. The van der Waals surface area contributed by atoms with Crippen LogP contribution in [0.1, 0.15) is 69.1 Å². The van der Waals surface area contributed by atoms with Gasteiger partial charge in [0.25, 0.3) is 17.7 Å². The van der Waals surface area contributed by atoms with Gasteiger partial charge in [0.2, 0.25) is 0 Å². The van der Waals surface area contributed by atoms with Gasteiger partial charge in [0.05, 0.1) is 0 Å². The van der Waals surface area contributed by atoms with E-state index in [1.165, 1.54) is 0 Å². The third-order valence-electron chi connectivity index (χ3n) is 6.21. The molecule has 0 saturated carbocycles. The zero-order chi connectivity index (χ0) is 34.4. The van der Waals surface area contributed by atoms with Crippen LogP contribution in [-0.2, 0) is 0 Å². The Balaban J connectivity index is 0.000000316. The van der Waals surface area contributed by atoms with Crippen molar-refractivity contribution in [3.8, 4) is 0 Å². The molecule has 0 fully saturated rings. The molecule has 0 atom stereocenters. The maximum Gasteiger partial charge on any atom is 0.255 e. The fourth-order valence-electron chi connectivity index (χ4n) is 3.86. The van der Waals surface area contributed by atoms with Crippen LogP contribution in [-0.4, -0.2) is 31.1 Å². The molecule has 0 unspecified atom stereocenters. The summed E-state index contributed by atoms with van der Waals surface area (Å²) in [6.07, 6.45) is 0.726. The van der Waals surface area contributed by atoms with E-state index in [1.54, 1.807) is 84.9 Å². The third kappa shape index (κ3) is 12.5. The molecule has 0 radical (unpaired) electrons. The Hall–Kier alpha value is -6.02. The van der Waals surface area contributed by atoms with Gasteiger partial charge in [-0.05, 0) is 84.9 Å². The Morgan fingerprint density at radius 2 is 0.723 bits per heavy atom.